The Bertz CT molecular complexity index is 199. The molecule has 0 saturated carbocycles. The molecule has 0 spiro atoms. The first kappa shape index (κ1) is 17.9. The van der Waals surface area contributed by atoms with Crippen molar-refractivity contribution in [3.63, 3.8) is 0 Å². The fourth-order valence-corrected chi connectivity index (χ4v) is 2.96. The summed E-state index contributed by atoms with van der Waals surface area (Å²) in [6.45, 7) is 17.0. The van der Waals surface area contributed by atoms with Gasteiger partial charge in [0.25, 0.3) is 0 Å². The van der Waals surface area contributed by atoms with E-state index in [2.05, 4.69) is 46.4 Å². The van der Waals surface area contributed by atoms with Crippen LogP contribution in [0.2, 0.25) is 0 Å². The molecule has 110 valence electrons. The molecular weight excluding hydrogens is 220 g/mol. The van der Waals surface area contributed by atoms with E-state index in [1.165, 1.54) is 32.2 Å². The Morgan fingerprint density at radius 2 is 1.67 bits per heavy atom. The van der Waals surface area contributed by atoms with Crippen molar-refractivity contribution in [1.29, 1.82) is 0 Å². The second kappa shape index (κ2) is 8.92. The fourth-order valence-electron chi connectivity index (χ4n) is 2.96. The summed E-state index contributed by atoms with van der Waals surface area (Å²) < 4.78 is 0. The molecule has 18 heavy (non-hydrogen) atoms. The largest absolute Gasteiger partial charge is 0.330 e. The van der Waals surface area contributed by atoms with E-state index < -0.39 is 0 Å². The Kier molecular flexibility index (Phi) is 8.89. The molecule has 0 aromatic carbocycles. The third-order valence-corrected chi connectivity index (χ3v) is 3.99. The van der Waals surface area contributed by atoms with Crippen LogP contribution in [0.25, 0.3) is 0 Å². The van der Waals surface area contributed by atoms with Gasteiger partial charge in [-0.05, 0) is 37.1 Å². The van der Waals surface area contributed by atoms with Gasteiger partial charge in [0, 0.05) is 19.1 Å². The maximum Gasteiger partial charge on any atom is 0.00903 e. The molecule has 0 aliphatic heterocycles. The van der Waals surface area contributed by atoms with Crippen molar-refractivity contribution in [3.05, 3.63) is 0 Å². The van der Waals surface area contributed by atoms with Gasteiger partial charge in [-0.25, -0.2) is 0 Å². The molecule has 0 aromatic heterocycles. The minimum atomic E-state index is 0.284. The van der Waals surface area contributed by atoms with Gasteiger partial charge in [-0.2, -0.15) is 0 Å². The summed E-state index contributed by atoms with van der Waals surface area (Å²) in [5, 5.41) is 0. The highest BCUT2D eigenvalue weighted by Gasteiger charge is 2.27. The van der Waals surface area contributed by atoms with E-state index in [0.29, 0.717) is 0 Å². The second-order valence-electron chi connectivity index (χ2n) is 6.56. The Balaban J connectivity index is 4.73. The molecular formula is C16H36N2. The summed E-state index contributed by atoms with van der Waals surface area (Å²) in [5.41, 5.74) is 6.31. The van der Waals surface area contributed by atoms with Crippen molar-refractivity contribution in [2.75, 3.05) is 19.6 Å². The Labute approximate surface area is 115 Å². The topological polar surface area (TPSA) is 29.3 Å². The number of nitrogens with two attached hydrogens (primary N) is 1. The zero-order valence-corrected chi connectivity index (χ0v) is 13.6. The molecule has 0 amide bonds. The molecule has 2 heteroatoms. The molecule has 1 unspecified atom stereocenters. The van der Waals surface area contributed by atoms with Crippen LogP contribution in [0.4, 0.5) is 0 Å². The zero-order chi connectivity index (χ0) is 14.2. The number of hydrogen-bond donors (Lipinski definition) is 1. The van der Waals surface area contributed by atoms with Crippen LogP contribution < -0.4 is 5.73 Å². The minimum Gasteiger partial charge on any atom is -0.330 e. The summed E-state index contributed by atoms with van der Waals surface area (Å²) in [7, 11) is 0. The number of rotatable bonds is 10. The zero-order valence-electron chi connectivity index (χ0n) is 13.6. The van der Waals surface area contributed by atoms with Crippen LogP contribution in [-0.4, -0.2) is 30.6 Å². The van der Waals surface area contributed by atoms with Crippen molar-refractivity contribution in [1.82, 2.24) is 4.90 Å². The lowest BCUT2D eigenvalue weighted by Crippen LogP contribution is -2.46. The van der Waals surface area contributed by atoms with E-state index >= 15 is 0 Å². The number of hydrogen-bond acceptors (Lipinski definition) is 2. The lowest BCUT2D eigenvalue weighted by Gasteiger charge is -2.39. The van der Waals surface area contributed by atoms with Crippen LogP contribution in [0, 0.1) is 11.3 Å². The van der Waals surface area contributed by atoms with Gasteiger partial charge in [0.05, 0.1) is 0 Å². The van der Waals surface area contributed by atoms with Crippen molar-refractivity contribution in [2.45, 2.75) is 73.3 Å². The van der Waals surface area contributed by atoms with E-state index in [1.54, 1.807) is 0 Å². The molecule has 0 aromatic rings. The molecule has 0 fully saturated rings. The van der Waals surface area contributed by atoms with Crippen LogP contribution in [0.15, 0.2) is 0 Å². The molecule has 0 bridgehead atoms. The van der Waals surface area contributed by atoms with Gasteiger partial charge < -0.3 is 5.73 Å². The van der Waals surface area contributed by atoms with Crippen LogP contribution in [0.5, 0.6) is 0 Å². The second-order valence-corrected chi connectivity index (χ2v) is 6.56. The Morgan fingerprint density at radius 3 is 2.00 bits per heavy atom. The van der Waals surface area contributed by atoms with E-state index in [4.69, 9.17) is 5.73 Å². The third-order valence-electron chi connectivity index (χ3n) is 3.99. The van der Waals surface area contributed by atoms with E-state index in [0.717, 1.165) is 25.0 Å². The molecule has 0 aliphatic carbocycles. The van der Waals surface area contributed by atoms with E-state index in [-0.39, 0.29) is 5.41 Å². The highest BCUT2D eigenvalue weighted by atomic mass is 15.2. The average Bonchev–Trinajstić information content (AvgIpc) is 2.30. The fraction of sp³-hybridized carbons (Fsp3) is 1.00. The first-order chi connectivity index (χ1) is 8.42. The standard InChI is InChI=1S/C16H36N2/c1-7-10-16(6,12-17)13-18(11-14(4)5)15(8-2)9-3/h14-15H,7-13,17H2,1-6H3. The smallest absolute Gasteiger partial charge is 0.00903 e. The molecule has 0 heterocycles. The SMILES string of the molecule is CCCC(C)(CN)CN(CC(C)C)C(CC)CC. The Hall–Kier alpha value is -0.0800. The maximum absolute atomic E-state index is 6.03. The highest BCUT2D eigenvalue weighted by molar-refractivity contribution is 4.82. The lowest BCUT2D eigenvalue weighted by molar-refractivity contribution is 0.0976. The minimum absolute atomic E-state index is 0.284. The first-order valence-corrected chi connectivity index (χ1v) is 7.86. The van der Waals surface area contributed by atoms with Crippen molar-refractivity contribution >= 4 is 0 Å². The van der Waals surface area contributed by atoms with Gasteiger partial charge in [0.2, 0.25) is 0 Å². The monoisotopic (exact) mass is 256 g/mol. The van der Waals surface area contributed by atoms with Crippen LogP contribution >= 0.6 is 0 Å². The van der Waals surface area contributed by atoms with Gasteiger partial charge in [0.1, 0.15) is 0 Å². The first-order valence-electron chi connectivity index (χ1n) is 7.86. The summed E-state index contributed by atoms with van der Waals surface area (Å²) in [4.78, 5) is 2.69. The van der Waals surface area contributed by atoms with Gasteiger partial charge in [-0.15, -0.1) is 0 Å². The summed E-state index contributed by atoms with van der Waals surface area (Å²) >= 11 is 0. The van der Waals surface area contributed by atoms with Gasteiger partial charge >= 0.3 is 0 Å². The lowest BCUT2D eigenvalue weighted by atomic mass is 9.84. The average molecular weight is 256 g/mol. The molecule has 0 aliphatic rings. The third kappa shape index (κ3) is 6.19. The van der Waals surface area contributed by atoms with Crippen molar-refractivity contribution in [3.8, 4) is 0 Å². The van der Waals surface area contributed by atoms with Crippen LogP contribution in [0.1, 0.15) is 67.2 Å². The molecule has 1 atom stereocenters. The number of nitrogens with zero attached hydrogens (tertiary/aromatic N) is 1. The van der Waals surface area contributed by atoms with Gasteiger partial charge in [0.15, 0.2) is 0 Å². The van der Waals surface area contributed by atoms with Crippen LogP contribution in [0.3, 0.4) is 0 Å². The van der Waals surface area contributed by atoms with E-state index in [1.807, 2.05) is 0 Å². The normalized spacial score (nSPS) is 15.7. The molecule has 0 radical (unpaired) electrons. The molecule has 0 saturated heterocycles. The molecule has 0 rings (SSSR count). The van der Waals surface area contributed by atoms with Gasteiger partial charge in [-0.1, -0.05) is 48.0 Å². The summed E-state index contributed by atoms with van der Waals surface area (Å²) in [5.74, 6) is 0.731. The predicted octanol–water partition coefficient (Wildman–Crippen LogP) is 3.90. The summed E-state index contributed by atoms with van der Waals surface area (Å²) in [6, 6.07) is 0.718. The van der Waals surface area contributed by atoms with Gasteiger partial charge in [-0.3, -0.25) is 4.90 Å². The highest BCUT2D eigenvalue weighted by Crippen LogP contribution is 2.26. The summed E-state index contributed by atoms with van der Waals surface area (Å²) in [6.07, 6.45) is 4.95. The maximum atomic E-state index is 6.03. The molecule has 2 N–H and O–H groups in total. The van der Waals surface area contributed by atoms with E-state index in [9.17, 15) is 0 Å². The Morgan fingerprint density at radius 1 is 1.11 bits per heavy atom. The van der Waals surface area contributed by atoms with Crippen molar-refractivity contribution in [2.24, 2.45) is 17.1 Å². The molecule has 2 nitrogen and oxygen atoms in total. The van der Waals surface area contributed by atoms with Crippen LogP contribution in [-0.2, 0) is 0 Å². The predicted molar refractivity (Wildman–Crippen MR) is 82.9 cm³/mol. The quantitative estimate of drug-likeness (QED) is 0.642. The van der Waals surface area contributed by atoms with Crippen molar-refractivity contribution < 1.29 is 0 Å².